The van der Waals surface area contributed by atoms with Crippen LogP contribution in [-0.2, 0) is 4.79 Å². The average molecular weight is 347 g/mol. The first-order valence-electron chi connectivity index (χ1n) is 7.82. The minimum atomic E-state index is -2.92. The van der Waals surface area contributed by atoms with E-state index < -0.39 is 6.61 Å². The first-order valence-corrected chi connectivity index (χ1v) is 8.20. The highest BCUT2D eigenvalue weighted by Gasteiger charge is 2.14. The summed E-state index contributed by atoms with van der Waals surface area (Å²) in [5.74, 6) is -0.170. The van der Waals surface area contributed by atoms with Gasteiger partial charge in [0.05, 0.1) is 11.6 Å². The number of halogens is 3. The summed E-state index contributed by atoms with van der Waals surface area (Å²) in [5.41, 5.74) is 0.577. The SMILES string of the molecule is O=C(CNc1ccc(OC(F)F)c(Cl)c1)NC1CCCCCC1. The second kappa shape index (κ2) is 8.91. The van der Waals surface area contributed by atoms with Crippen molar-refractivity contribution in [3.8, 4) is 5.75 Å². The number of carbonyl (C=O) groups excluding carboxylic acids is 1. The number of hydrogen-bond acceptors (Lipinski definition) is 3. The van der Waals surface area contributed by atoms with Crippen molar-refractivity contribution in [1.29, 1.82) is 0 Å². The lowest BCUT2D eigenvalue weighted by Gasteiger charge is -2.17. The second-order valence-corrected chi connectivity index (χ2v) is 6.04. The third-order valence-electron chi connectivity index (χ3n) is 3.82. The van der Waals surface area contributed by atoms with E-state index in [2.05, 4.69) is 15.4 Å². The monoisotopic (exact) mass is 346 g/mol. The van der Waals surface area contributed by atoms with Gasteiger partial charge in [0.1, 0.15) is 5.75 Å². The lowest BCUT2D eigenvalue weighted by atomic mass is 10.1. The first kappa shape index (κ1) is 17.8. The molecule has 1 fully saturated rings. The summed E-state index contributed by atoms with van der Waals surface area (Å²) in [5, 5.41) is 6.02. The van der Waals surface area contributed by atoms with E-state index >= 15 is 0 Å². The van der Waals surface area contributed by atoms with E-state index in [1.54, 1.807) is 6.07 Å². The Bertz CT molecular complexity index is 521. The normalized spacial score (nSPS) is 16.0. The van der Waals surface area contributed by atoms with Crippen molar-refractivity contribution in [2.24, 2.45) is 0 Å². The van der Waals surface area contributed by atoms with E-state index in [1.165, 1.54) is 25.0 Å². The number of nitrogens with one attached hydrogen (secondary N) is 2. The summed E-state index contributed by atoms with van der Waals surface area (Å²) >= 11 is 5.86. The molecule has 7 heteroatoms. The first-order chi connectivity index (χ1) is 11.0. The lowest BCUT2D eigenvalue weighted by molar-refractivity contribution is -0.120. The van der Waals surface area contributed by atoms with Crippen LogP contribution in [0.15, 0.2) is 18.2 Å². The predicted octanol–water partition coefficient (Wildman–Crippen LogP) is 4.19. The third-order valence-corrected chi connectivity index (χ3v) is 4.12. The van der Waals surface area contributed by atoms with Gasteiger partial charge in [0.15, 0.2) is 0 Å². The second-order valence-electron chi connectivity index (χ2n) is 5.63. The minimum absolute atomic E-state index is 0.0690. The summed E-state index contributed by atoms with van der Waals surface area (Å²) in [6, 6.07) is 4.60. The number of anilines is 1. The molecule has 1 saturated carbocycles. The Morgan fingerprint density at radius 3 is 2.57 bits per heavy atom. The minimum Gasteiger partial charge on any atom is -0.433 e. The van der Waals surface area contributed by atoms with E-state index in [1.807, 2.05) is 0 Å². The maximum absolute atomic E-state index is 12.2. The molecule has 0 aromatic heterocycles. The van der Waals surface area contributed by atoms with Gasteiger partial charge in [0.25, 0.3) is 0 Å². The largest absolute Gasteiger partial charge is 0.433 e. The number of alkyl halides is 2. The molecule has 2 rings (SSSR count). The molecule has 1 amide bonds. The van der Waals surface area contributed by atoms with Gasteiger partial charge in [-0.1, -0.05) is 37.3 Å². The van der Waals surface area contributed by atoms with Gasteiger partial charge in [-0.25, -0.2) is 0 Å². The molecule has 2 N–H and O–H groups in total. The highest BCUT2D eigenvalue weighted by molar-refractivity contribution is 6.32. The van der Waals surface area contributed by atoms with Gasteiger partial charge in [-0.05, 0) is 31.0 Å². The van der Waals surface area contributed by atoms with Gasteiger partial charge < -0.3 is 15.4 Å². The van der Waals surface area contributed by atoms with Gasteiger partial charge >= 0.3 is 6.61 Å². The summed E-state index contributed by atoms with van der Waals surface area (Å²) < 4.78 is 28.6. The van der Waals surface area contributed by atoms with Crippen LogP contribution in [0.1, 0.15) is 38.5 Å². The Kier molecular flexibility index (Phi) is 6.89. The Morgan fingerprint density at radius 1 is 1.26 bits per heavy atom. The van der Waals surface area contributed by atoms with E-state index in [9.17, 15) is 13.6 Å². The molecule has 1 aliphatic carbocycles. The van der Waals surface area contributed by atoms with Gasteiger partial charge in [0.2, 0.25) is 5.91 Å². The number of amides is 1. The molecule has 23 heavy (non-hydrogen) atoms. The zero-order valence-electron chi connectivity index (χ0n) is 12.8. The number of benzene rings is 1. The molecule has 128 valence electrons. The van der Waals surface area contributed by atoms with E-state index in [4.69, 9.17) is 11.6 Å². The van der Waals surface area contributed by atoms with Crippen molar-refractivity contribution in [2.45, 2.75) is 51.2 Å². The number of ether oxygens (including phenoxy) is 1. The predicted molar refractivity (Wildman–Crippen MR) is 86.2 cm³/mol. The van der Waals surface area contributed by atoms with Crippen LogP contribution in [0.3, 0.4) is 0 Å². The van der Waals surface area contributed by atoms with Gasteiger partial charge in [-0.3, -0.25) is 4.79 Å². The molecule has 0 atom stereocenters. The van der Waals surface area contributed by atoms with Crippen molar-refractivity contribution in [2.75, 3.05) is 11.9 Å². The highest BCUT2D eigenvalue weighted by atomic mass is 35.5. The Labute approximate surface area is 139 Å². The van der Waals surface area contributed by atoms with E-state index in [0.29, 0.717) is 5.69 Å². The number of hydrogen-bond donors (Lipinski definition) is 2. The molecule has 0 unspecified atom stereocenters. The molecule has 1 aromatic rings. The van der Waals surface area contributed by atoms with Crippen LogP contribution < -0.4 is 15.4 Å². The zero-order chi connectivity index (χ0) is 16.7. The van der Waals surface area contributed by atoms with Gasteiger partial charge in [-0.2, -0.15) is 8.78 Å². The van der Waals surface area contributed by atoms with Crippen molar-refractivity contribution in [3.63, 3.8) is 0 Å². The Morgan fingerprint density at radius 2 is 1.96 bits per heavy atom. The lowest BCUT2D eigenvalue weighted by Crippen LogP contribution is -2.38. The molecule has 0 saturated heterocycles. The smallest absolute Gasteiger partial charge is 0.387 e. The summed E-state index contributed by atoms with van der Waals surface area (Å²) in [4.78, 5) is 12.0. The quantitative estimate of drug-likeness (QED) is 0.759. The van der Waals surface area contributed by atoms with Crippen molar-refractivity contribution in [3.05, 3.63) is 23.2 Å². The molecule has 1 aliphatic rings. The fraction of sp³-hybridized carbons (Fsp3) is 0.562. The molecule has 0 aliphatic heterocycles. The Hall–Kier alpha value is -1.56. The zero-order valence-corrected chi connectivity index (χ0v) is 13.5. The van der Waals surface area contributed by atoms with Gasteiger partial charge in [-0.15, -0.1) is 0 Å². The molecule has 0 radical (unpaired) electrons. The number of carbonyl (C=O) groups is 1. The summed E-state index contributed by atoms with van der Waals surface area (Å²) in [7, 11) is 0. The van der Waals surface area contributed by atoms with E-state index in [-0.39, 0.29) is 29.3 Å². The molecule has 0 heterocycles. The molecular weight excluding hydrogens is 326 g/mol. The van der Waals surface area contributed by atoms with Crippen LogP contribution >= 0.6 is 11.6 Å². The maximum atomic E-state index is 12.2. The van der Waals surface area contributed by atoms with Crippen LogP contribution in [0.5, 0.6) is 5.75 Å². The van der Waals surface area contributed by atoms with Crippen molar-refractivity contribution >= 4 is 23.2 Å². The van der Waals surface area contributed by atoms with Gasteiger partial charge in [0, 0.05) is 11.7 Å². The molecular formula is C16H21ClF2N2O2. The maximum Gasteiger partial charge on any atom is 0.387 e. The standard InChI is InChI=1S/C16H21ClF2N2O2/c17-13-9-12(7-8-14(13)23-16(18)19)20-10-15(22)21-11-5-3-1-2-4-6-11/h7-9,11,16,20H,1-6,10H2,(H,21,22). The van der Waals surface area contributed by atoms with Crippen molar-refractivity contribution < 1.29 is 18.3 Å². The van der Waals surface area contributed by atoms with Crippen LogP contribution in [0.25, 0.3) is 0 Å². The van der Waals surface area contributed by atoms with Crippen LogP contribution in [0, 0.1) is 0 Å². The summed E-state index contributed by atoms with van der Waals surface area (Å²) in [6.07, 6.45) is 6.82. The van der Waals surface area contributed by atoms with Crippen LogP contribution in [0.4, 0.5) is 14.5 Å². The summed E-state index contributed by atoms with van der Waals surface area (Å²) in [6.45, 7) is -2.81. The third kappa shape index (κ3) is 6.22. The molecule has 0 bridgehead atoms. The average Bonchev–Trinajstić information content (AvgIpc) is 2.76. The van der Waals surface area contributed by atoms with Crippen molar-refractivity contribution in [1.82, 2.24) is 5.32 Å². The molecule has 4 nitrogen and oxygen atoms in total. The topological polar surface area (TPSA) is 50.4 Å². The fourth-order valence-electron chi connectivity index (χ4n) is 2.69. The number of rotatable bonds is 6. The van der Waals surface area contributed by atoms with Crippen LogP contribution in [-0.4, -0.2) is 25.1 Å². The van der Waals surface area contributed by atoms with E-state index in [0.717, 1.165) is 25.7 Å². The molecule has 1 aromatic carbocycles. The van der Waals surface area contributed by atoms with Crippen LogP contribution in [0.2, 0.25) is 5.02 Å². The highest BCUT2D eigenvalue weighted by Crippen LogP contribution is 2.28. The fourth-order valence-corrected chi connectivity index (χ4v) is 2.91. The molecule has 0 spiro atoms. The Balaban J connectivity index is 1.80.